The summed E-state index contributed by atoms with van der Waals surface area (Å²) < 4.78 is 0. The molecule has 2 rings (SSSR count). The van der Waals surface area contributed by atoms with Crippen molar-refractivity contribution in [3.05, 3.63) is 0 Å². The number of aliphatic hydroxyl groups excluding tert-OH is 1. The zero-order valence-electron chi connectivity index (χ0n) is 38.9. The van der Waals surface area contributed by atoms with Gasteiger partial charge in [-0.05, 0) is 83.1 Å². The molecule has 2 aliphatic heterocycles. The first kappa shape index (κ1) is 56.7. The average Bonchev–Trinajstić information content (AvgIpc) is 3.91. The standard InChI is InChI=1S/C42H74N12O12/c1-23(2)15-30(53-39(62)28(11-12-33(44)56)50-34(57)20-45-18-26-17-27(55)19-46-26)38(61)47-21-35(58)51-31(16-24(3)4)40(63)49-25(5)37(60)48-22-36(59)54-14-8-10-32(54)41(64)52-29(42(65)66)9-6-7-13-43/h23-32,45-46,55H,6-22,43H2,1-5H3,(H2,44,56)(H,47,61)(H,48,60)(H,49,63)(H,50,57)(H,51,58)(H,52,64)(H,53,62)(H,65,66)/t25-,26-,27+,28-,29-,30-,31-,32-/m0/s1. The number of primary amides is 1. The van der Waals surface area contributed by atoms with E-state index in [0.717, 1.165) is 0 Å². The first-order valence-electron chi connectivity index (χ1n) is 22.8. The van der Waals surface area contributed by atoms with Gasteiger partial charge in [-0.2, -0.15) is 0 Å². The Morgan fingerprint density at radius 2 is 1.32 bits per heavy atom. The van der Waals surface area contributed by atoms with Crippen LogP contribution in [0.1, 0.15) is 98.8 Å². The molecule has 66 heavy (non-hydrogen) atoms. The van der Waals surface area contributed by atoms with E-state index in [1.165, 1.54) is 11.8 Å². The highest BCUT2D eigenvalue weighted by atomic mass is 16.4. The van der Waals surface area contributed by atoms with Crippen LogP contribution in [0.2, 0.25) is 0 Å². The molecule has 374 valence electrons. The molecule has 2 heterocycles. The number of carboxylic acids is 1. The first-order chi connectivity index (χ1) is 31.1. The number of likely N-dealkylation sites (tertiary alicyclic amines) is 1. The number of unbranched alkanes of at least 4 members (excludes halogenated alkanes) is 1. The quantitative estimate of drug-likeness (QED) is 0.0302. The van der Waals surface area contributed by atoms with Gasteiger partial charge in [0.05, 0.1) is 25.7 Å². The zero-order chi connectivity index (χ0) is 49.5. The van der Waals surface area contributed by atoms with Crippen molar-refractivity contribution in [2.45, 2.75) is 147 Å². The SMILES string of the molecule is CC(C)C[C@H](NC(=O)CNC(=O)[C@H](CC(C)C)NC(=O)[C@H](CCC(N)=O)NC(=O)CNC[C@@H]1C[C@@H](O)CN1)C(=O)N[C@@H](C)C(=O)NCC(=O)N1CCC[C@H]1C(=O)N[C@@H](CCCCN)C(=O)O. The molecular weight excluding hydrogens is 865 g/mol. The van der Waals surface area contributed by atoms with Crippen molar-refractivity contribution in [2.75, 3.05) is 45.8 Å². The number of β-amino-alcohol motifs (C(OH)–C–C–N with tert-alkyl or cyclic N) is 1. The molecule has 0 aliphatic carbocycles. The second-order valence-electron chi connectivity index (χ2n) is 17.8. The average molecular weight is 939 g/mol. The highest BCUT2D eigenvalue weighted by Crippen LogP contribution is 2.18. The Morgan fingerprint density at radius 1 is 0.712 bits per heavy atom. The molecule has 0 radical (unpaired) electrons. The maximum Gasteiger partial charge on any atom is 0.326 e. The van der Waals surface area contributed by atoms with Gasteiger partial charge in [-0.3, -0.25) is 43.2 Å². The second-order valence-corrected chi connectivity index (χ2v) is 17.8. The van der Waals surface area contributed by atoms with Gasteiger partial charge >= 0.3 is 5.97 Å². The molecule has 0 unspecified atom stereocenters. The molecule has 0 bridgehead atoms. The topological polar surface area (TPSA) is 375 Å². The van der Waals surface area contributed by atoms with E-state index in [0.29, 0.717) is 51.7 Å². The van der Waals surface area contributed by atoms with Crippen LogP contribution in [0.15, 0.2) is 0 Å². The highest BCUT2D eigenvalue weighted by Gasteiger charge is 2.36. The number of aliphatic carboxylic acids is 1. The van der Waals surface area contributed by atoms with Crippen molar-refractivity contribution in [1.82, 2.24) is 52.8 Å². The van der Waals surface area contributed by atoms with Gasteiger partial charge in [0.2, 0.25) is 53.2 Å². The number of hydrogen-bond donors (Lipinski definition) is 13. The molecule has 9 amide bonds. The van der Waals surface area contributed by atoms with Gasteiger partial charge < -0.3 is 74.4 Å². The molecule has 0 aromatic carbocycles. The van der Waals surface area contributed by atoms with E-state index in [4.69, 9.17) is 11.5 Å². The van der Waals surface area contributed by atoms with E-state index >= 15 is 0 Å². The van der Waals surface area contributed by atoms with Crippen molar-refractivity contribution in [3.8, 4) is 0 Å². The lowest BCUT2D eigenvalue weighted by Gasteiger charge is -2.26. The molecule has 2 fully saturated rings. The van der Waals surface area contributed by atoms with E-state index in [2.05, 4.69) is 47.9 Å². The van der Waals surface area contributed by atoms with Gasteiger partial charge in [0.1, 0.15) is 36.3 Å². The van der Waals surface area contributed by atoms with Crippen molar-refractivity contribution in [1.29, 1.82) is 0 Å². The first-order valence-corrected chi connectivity index (χ1v) is 22.8. The Balaban J connectivity index is 1.96. The van der Waals surface area contributed by atoms with Crippen molar-refractivity contribution in [2.24, 2.45) is 23.3 Å². The number of rotatable bonds is 30. The predicted molar refractivity (Wildman–Crippen MR) is 239 cm³/mol. The minimum Gasteiger partial charge on any atom is -0.480 e. The smallest absolute Gasteiger partial charge is 0.326 e. The van der Waals surface area contributed by atoms with Gasteiger partial charge in [-0.15, -0.1) is 0 Å². The molecule has 15 N–H and O–H groups in total. The van der Waals surface area contributed by atoms with Crippen LogP contribution in [0.4, 0.5) is 0 Å². The molecule has 2 saturated heterocycles. The van der Waals surface area contributed by atoms with Crippen LogP contribution in [0.3, 0.4) is 0 Å². The third-order valence-corrected chi connectivity index (χ3v) is 10.9. The third-order valence-electron chi connectivity index (χ3n) is 10.9. The summed E-state index contributed by atoms with van der Waals surface area (Å²) in [6, 6.07) is -6.80. The highest BCUT2D eigenvalue weighted by molar-refractivity contribution is 5.96. The number of carbonyl (C=O) groups is 10. The Morgan fingerprint density at radius 3 is 1.91 bits per heavy atom. The maximum absolute atomic E-state index is 13.4. The summed E-state index contributed by atoms with van der Waals surface area (Å²) in [5.74, 6) is -7.55. The van der Waals surface area contributed by atoms with Gasteiger partial charge in [0.15, 0.2) is 0 Å². The Kier molecular flexibility index (Phi) is 25.1. The molecule has 0 aromatic heterocycles. The number of aliphatic hydroxyl groups is 1. The number of nitrogens with zero attached hydrogens (tertiary/aromatic N) is 1. The minimum absolute atomic E-state index is 0.0362. The number of nitrogens with two attached hydrogens (primary N) is 2. The normalized spacial score (nSPS) is 19.2. The lowest BCUT2D eigenvalue weighted by atomic mass is 10.0. The summed E-state index contributed by atoms with van der Waals surface area (Å²) in [6.45, 7) is 8.77. The number of carbonyl (C=O) groups excluding carboxylic acids is 9. The van der Waals surface area contributed by atoms with E-state index in [-0.39, 0.29) is 63.1 Å². The van der Waals surface area contributed by atoms with Gasteiger partial charge in [0, 0.05) is 32.1 Å². The monoisotopic (exact) mass is 939 g/mol. The lowest BCUT2D eigenvalue weighted by molar-refractivity contribution is -0.144. The van der Waals surface area contributed by atoms with Crippen LogP contribution < -0.4 is 59.3 Å². The fourth-order valence-electron chi connectivity index (χ4n) is 7.48. The molecule has 24 nitrogen and oxygen atoms in total. The maximum atomic E-state index is 13.4. The van der Waals surface area contributed by atoms with Crippen LogP contribution >= 0.6 is 0 Å². The Labute approximate surface area is 385 Å². The molecule has 2 aliphatic rings. The summed E-state index contributed by atoms with van der Waals surface area (Å²) in [7, 11) is 0. The van der Waals surface area contributed by atoms with Crippen LogP contribution in [-0.2, 0) is 47.9 Å². The van der Waals surface area contributed by atoms with Gasteiger partial charge in [-0.1, -0.05) is 27.7 Å². The predicted octanol–water partition coefficient (Wildman–Crippen LogP) is -4.46. The molecule has 0 saturated carbocycles. The summed E-state index contributed by atoms with van der Waals surface area (Å²) >= 11 is 0. The largest absolute Gasteiger partial charge is 0.480 e. The Hall–Kier alpha value is -5.46. The number of nitrogens with one attached hydrogen (secondary N) is 9. The summed E-state index contributed by atoms with van der Waals surface area (Å²) in [6.07, 6.45) is 2.00. The minimum atomic E-state index is -1.23. The molecule has 8 atom stereocenters. The number of carboxylic acid groups (broad SMARTS) is 1. The van der Waals surface area contributed by atoms with E-state index < -0.39 is 115 Å². The van der Waals surface area contributed by atoms with Crippen LogP contribution in [0, 0.1) is 11.8 Å². The molecular formula is C42H74N12O12. The molecule has 24 heteroatoms. The van der Waals surface area contributed by atoms with E-state index in [1.807, 2.05) is 0 Å². The van der Waals surface area contributed by atoms with Crippen molar-refractivity contribution in [3.63, 3.8) is 0 Å². The fraction of sp³-hybridized carbons (Fsp3) is 0.762. The fourth-order valence-corrected chi connectivity index (χ4v) is 7.48. The Bertz CT molecular complexity index is 1680. The van der Waals surface area contributed by atoms with Crippen molar-refractivity contribution < 1.29 is 58.2 Å². The van der Waals surface area contributed by atoms with E-state index in [1.54, 1.807) is 27.7 Å². The second kappa shape index (κ2) is 29.2. The van der Waals surface area contributed by atoms with Gasteiger partial charge in [-0.25, -0.2) is 4.79 Å². The zero-order valence-corrected chi connectivity index (χ0v) is 38.9. The van der Waals surface area contributed by atoms with Crippen LogP contribution in [0.5, 0.6) is 0 Å². The van der Waals surface area contributed by atoms with E-state index in [9.17, 15) is 58.2 Å². The molecule has 0 spiro atoms. The van der Waals surface area contributed by atoms with Crippen molar-refractivity contribution >= 4 is 59.1 Å². The number of hydrogen-bond acceptors (Lipinski definition) is 14. The summed E-state index contributed by atoms with van der Waals surface area (Å²) in [4.78, 5) is 130. The lowest BCUT2D eigenvalue weighted by Crippen LogP contribution is -2.57. The van der Waals surface area contributed by atoms with Crippen LogP contribution in [0.25, 0.3) is 0 Å². The van der Waals surface area contributed by atoms with Gasteiger partial charge in [0.25, 0.3) is 0 Å². The van der Waals surface area contributed by atoms with Crippen LogP contribution in [-0.4, -0.2) is 168 Å². The summed E-state index contributed by atoms with van der Waals surface area (Å²) in [5, 5.41) is 43.0. The molecule has 0 aromatic rings. The third kappa shape index (κ3) is 21.2. The summed E-state index contributed by atoms with van der Waals surface area (Å²) in [5.41, 5.74) is 10.8. The number of amides is 9.